The Morgan fingerprint density at radius 1 is 1.36 bits per heavy atom. The number of rotatable bonds is 3. The van der Waals surface area contributed by atoms with E-state index >= 15 is 0 Å². The van der Waals surface area contributed by atoms with Crippen molar-refractivity contribution in [3.63, 3.8) is 0 Å². The summed E-state index contributed by atoms with van der Waals surface area (Å²) in [5, 5.41) is 2.63. The minimum absolute atomic E-state index is 0. The van der Waals surface area contributed by atoms with Crippen molar-refractivity contribution in [3.8, 4) is 0 Å². The number of benzene rings is 1. The zero-order chi connectivity index (χ0) is 8.81. The largest absolute Gasteiger partial charge is 0.813 e. The van der Waals surface area contributed by atoms with Crippen molar-refractivity contribution in [1.82, 2.24) is 5.32 Å². The van der Waals surface area contributed by atoms with Gasteiger partial charge in [0.15, 0.2) is 0 Å². The van der Waals surface area contributed by atoms with Crippen LogP contribution in [0.3, 0.4) is 0 Å². The van der Waals surface area contributed by atoms with Gasteiger partial charge in [-0.15, -0.1) is 0 Å². The van der Waals surface area contributed by atoms with Gasteiger partial charge in [-0.05, 0) is 5.56 Å². The molecule has 0 fully saturated rings. The van der Waals surface area contributed by atoms with E-state index in [2.05, 4.69) is 5.32 Å². The molecule has 1 amide bonds. The minimum Gasteiger partial charge on any atom is -0.813 e. The molecule has 1 N–H and O–H groups in total. The second-order valence-corrected chi connectivity index (χ2v) is 2.37. The van der Waals surface area contributed by atoms with Crippen LogP contribution in [0.1, 0.15) is 5.56 Å². The van der Waals surface area contributed by atoms with Crippen LogP contribution in [0.5, 0.6) is 0 Å². The van der Waals surface area contributed by atoms with Crippen LogP contribution in [0.4, 0.5) is 0 Å². The van der Waals surface area contributed by atoms with Crippen LogP contribution >= 0.6 is 0 Å². The molecule has 0 heterocycles. The minimum atomic E-state index is -0.251. The Morgan fingerprint density at radius 2 is 1.93 bits per heavy atom. The molecular formula is C10H11AgNOS-2. The topological polar surface area (TPSA) is 29.1 Å². The number of hydrogen-bond donors (Lipinski definition) is 1. The van der Waals surface area contributed by atoms with E-state index in [1.807, 2.05) is 30.3 Å². The van der Waals surface area contributed by atoms with Crippen molar-refractivity contribution in [2.75, 3.05) is 0 Å². The average molecular weight is 301 g/mol. The maximum absolute atomic E-state index is 10.7. The first-order chi connectivity index (χ1) is 5.83. The first-order valence-electron chi connectivity index (χ1n) is 3.69. The molecular weight excluding hydrogens is 290 g/mol. The van der Waals surface area contributed by atoms with Crippen molar-refractivity contribution in [2.24, 2.45) is 0 Å². The maximum Gasteiger partial charge on any atom is 0.0844 e. The van der Waals surface area contributed by atoms with Crippen LogP contribution in [0.15, 0.2) is 36.4 Å². The van der Waals surface area contributed by atoms with Gasteiger partial charge in [-0.3, -0.25) is 6.58 Å². The number of hydrogen-bond acceptors (Lipinski definition) is 2. The first kappa shape index (κ1) is 16.0. The summed E-state index contributed by atoms with van der Waals surface area (Å²) in [5.74, 6) is -0.251. The Balaban J connectivity index is 0. The molecule has 0 aliphatic heterocycles. The molecule has 4 heteroatoms. The number of nitrogens with one attached hydrogen (secondary N) is 1. The van der Waals surface area contributed by atoms with Gasteiger partial charge in [-0.2, -0.15) is 6.08 Å². The van der Waals surface area contributed by atoms with Gasteiger partial charge in [0, 0.05) is 28.9 Å². The van der Waals surface area contributed by atoms with E-state index < -0.39 is 0 Å². The van der Waals surface area contributed by atoms with E-state index in [-0.39, 0.29) is 41.8 Å². The fourth-order valence-electron chi connectivity index (χ4n) is 0.844. The second-order valence-electron chi connectivity index (χ2n) is 2.37. The number of carbonyl (C=O) groups excluding carboxylic acids is 1. The molecule has 0 bridgehead atoms. The summed E-state index contributed by atoms with van der Waals surface area (Å²) < 4.78 is 0. The average Bonchev–Trinajstić information content (AvgIpc) is 2.16. The molecule has 1 rings (SSSR count). The molecule has 2 nitrogen and oxygen atoms in total. The van der Waals surface area contributed by atoms with Crippen molar-refractivity contribution in [3.05, 3.63) is 48.6 Å². The first-order valence-corrected chi connectivity index (χ1v) is 3.69. The van der Waals surface area contributed by atoms with Crippen LogP contribution in [-0.4, -0.2) is 5.91 Å². The summed E-state index contributed by atoms with van der Waals surface area (Å²) in [7, 11) is 0. The molecule has 0 atom stereocenters. The molecule has 0 unspecified atom stereocenters. The summed E-state index contributed by atoms with van der Waals surface area (Å²) in [6, 6.07) is 9.66. The van der Waals surface area contributed by atoms with Gasteiger partial charge in [0.05, 0.1) is 5.91 Å². The van der Waals surface area contributed by atoms with Crippen LogP contribution < -0.4 is 5.32 Å². The van der Waals surface area contributed by atoms with Gasteiger partial charge < -0.3 is 23.6 Å². The van der Waals surface area contributed by atoms with Crippen molar-refractivity contribution >= 4 is 19.4 Å². The fraction of sp³-hybridized carbons (Fsp3) is 0.100. The summed E-state index contributed by atoms with van der Waals surface area (Å²) in [4.78, 5) is 10.7. The van der Waals surface area contributed by atoms with Gasteiger partial charge >= 0.3 is 0 Å². The third kappa shape index (κ3) is 6.05. The van der Waals surface area contributed by atoms with E-state index in [4.69, 9.17) is 6.58 Å². The number of thiol groups is 1. The van der Waals surface area contributed by atoms with Gasteiger partial charge in [0.1, 0.15) is 0 Å². The molecule has 14 heavy (non-hydrogen) atoms. The predicted octanol–water partition coefficient (Wildman–Crippen LogP) is 1.02. The number of carbonyl (C=O) groups is 1. The molecule has 0 aliphatic rings. The van der Waals surface area contributed by atoms with Crippen molar-refractivity contribution < 1.29 is 27.2 Å². The molecule has 1 aromatic carbocycles. The van der Waals surface area contributed by atoms with Crippen molar-refractivity contribution in [1.29, 1.82) is 0 Å². The zero-order valence-corrected chi connectivity index (χ0v) is 9.78. The molecule has 0 aromatic heterocycles. The van der Waals surface area contributed by atoms with E-state index in [1.165, 1.54) is 0 Å². The Kier molecular flexibility index (Phi) is 10.4. The maximum atomic E-state index is 10.7. The Bertz CT molecular complexity index is 277. The summed E-state index contributed by atoms with van der Waals surface area (Å²) >= 11 is 0. The van der Waals surface area contributed by atoms with Crippen LogP contribution in [0.2, 0.25) is 0 Å². The summed E-state index contributed by atoms with van der Waals surface area (Å²) in [5.41, 5.74) is 1.06. The van der Waals surface area contributed by atoms with Gasteiger partial charge in [-0.25, -0.2) is 0 Å². The third-order valence-electron chi connectivity index (χ3n) is 1.46. The Labute approximate surface area is 107 Å². The Morgan fingerprint density at radius 3 is 2.43 bits per heavy atom. The summed E-state index contributed by atoms with van der Waals surface area (Å²) in [6.45, 7) is 5.52. The smallest absolute Gasteiger partial charge is 0.0844 e. The molecule has 0 aliphatic carbocycles. The third-order valence-corrected chi connectivity index (χ3v) is 1.46. The van der Waals surface area contributed by atoms with Crippen LogP contribution in [0, 0.1) is 6.58 Å². The summed E-state index contributed by atoms with van der Waals surface area (Å²) in [6.07, 6.45) is 1.02. The van der Waals surface area contributed by atoms with E-state index in [0.29, 0.717) is 6.54 Å². The van der Waals surface area contributed by atoms with E-state index in [1.54, 1.807) is 0 Å². The van der Waals surface area contributed by atoms with E-state index in [9.17, 15) is 4.79 Å². The SMILES string of the molecule is [Ag].[CH-]=CC(=O)NCc1ccccc1.[SH-]. The molecule has 0 spiro atoms. The van der Waals surface area contributed by atoms with Gasteiger partial charge in [0.25, 0.3) is 0 Å². The van der Waals surface area contributed by atoms with Gasteiger partial charge in [-0.1, -0.05) is 30.3 Å². The van der Waals surface area contributed by atoms with Crippen LogP contribution in [0.25, 0.3) is 0 Å². The van der Waals surface area contributed by atoms with E-state index in [0.717, 1.165) is 11.6 Å². The van der Waals surface area contributed by atoms with Crippen LogP contribution in [-0.2, 0) is 47.2 Å². The molecule has 1 radical (unpaired) electrons. The molecule has 0 saturated heterocycles. The molecule has 0 saturated carbocycles. The molecule has 81 valence electrons. The standard InChI is InChI=1S/C10H10NO.Ag.H2S/c1-2-10(12)11-8-9-6-4-3-5-7-9;;/h1-7H,8H2,(H,11,12);;1H2/q-1;;/p-1. The predicted molar refractivity (Wildman–Crippen MR) is 55.9 cm³/mol. The fourth-order valence-corrected chi connectivity index (χ4v) is 0.844. The second kappa shape index (κ2) is 9.09. The quantitative estimate of drug-likeness (QED) is 0.297. The number of amides is 1. The normalized spacial score (nSPS) is 7.71. The zero-order valence-electron chi connectivity index (χ0n) is 7.41. The van der Waals surface area contributed by atoms with Gasteiger partial charge in [0.2, 0.25) is 0 Å². The Hall–Kier alpha value is -0.480. The molecule has 1 aromatic rings. The monoisotopic (exact) mass is 300 g/mol. The van der Waals surface area contributed by atoms with Crippen molar-refractivity contribution in [2.45, 2.75) is 6.54 Å².